The fourth-order valence-corrected chi connectivity index (χ4v) is 2.38. The van der Waals surface area contributed by atoms with Crippen LogP contribution in [0.2, 0.25) is 0 Å². The number of ether oxygens (including phenoxy) is 1. The number of rotatable bonds is 4. The van der Waals surface area contributed by atoms with Gasteiger partial charge in [-0.15, -0.1) is 0 Å². The molecule has 1 aliphatic rings. The second-order valence-electron chi connectivity index (χ2n) is 4.66. The van der Waals surface area contributed by atoms with Gasteiger partial charge in [-0.3, -0.25) is 15.1 Å². The van der Waals surface area contributed by atoms with Gasteiger partial charge in [0.2, 0.25) is 0 Å². The number of hydrazine groups is 1. The van der Waals surface area contributed by atoms with Crippen LogP contribution >= 0.6 is 0 Å². The van der Waals surface area contributed by atoms with Crippen LogP contribution < -0.4 is 11.3 Å². The van der Waals surface area contributed by atoms with E-state index in [1.54, 1.807) is 7.11 Å². The normalized spacial score (nSPS) is 28.8. The topological polar surface area (TPSA) is 67.6 Å². The molecule has 5 nitrogen and oxygen atoms in total. The van der Waals surface area contributed by atoms with Gasteiger partial charge in [0.1, 0.15) is 0 Å². The first-order valence-electron chi connectivity index (χ1n) is 5.86. The standard InChI is InChI=1S/C11H23N3O2/c1-4-9(10(15)13-12)14-7-5-6-11(2,8-14)16-3/h9H,4-8,12H2,1-3H3,(H,13,15). The number of nitrogens with zero attached hydrogens (tertiary/aromatic N) is 1. The Hall–Kier alpha value is -0.650. The van der Waals surface area contributed by atoms with Gasteiger partial charge in [-0.05, 0) is 32.7 Å². The zero-order chi connectivity index (χ0) is 12.2. The van der Waals surface area contributed by atoms with E-state index < -0.39 is 0 Å². The summed E-state index contributed by atoms with van der Waals surface area (Å²) in [6, 6.07) is -0.139. The zero-order valence-electron chi connectivity index (χ0n) is 10.5. The predicted octanol–water partition coefficient (Wildman–Crippen LogP) is 0.256. The highest BCUT2D eigenvalue weighted by atomic mass is 16.5. The molecule has 0 saturated carbocycles. The highest BCUT2D eigenvalue weighted by Crippen LogP contribution is 2.25. The Labute approximate surface area is 97.3 Å². The van der Waals surface area contributed by atoms with Crippen molar-refractivity contribution < 1.29 is 9.53 Å². The molecule has 0 aromatic heterocycles. The summed E-state index contributed by atoms with van der Waals surface area (Å²) in [6.07, 6.45) is 2.86. The fourth-order valence-electron chi connectivity index (χ4n) is 2.38. The van der Waals surface area contributed by atoms with Crippen LogP contribution in [0.5, 0.6) is 0 Å². The molecule has 2 unspecified atom stereocenters. The van der Waals surface area contributed by atoms with E-state index in [2.05, 4.69) is 17.2 Å². The van der Waals surface area contributed by atoms with E-state index in [1.807, 2.05) is 6.92 Å². The molecule has 1 amide bonds. The van der Waals surface area contributed by atoms with E-state index in [1.165, 1.54) is 0 Å². The maximum Gasteiger partial charge on any atom is 0.251 e. The van der Waals surface area contributed by atoms with Crippen LogP contribution in [-0.4, -0.2) is 42.6 Å². The lowest BCUT2D eigenvalue weighted by Crippen LogP contribution is -2.56. The number of hydrogen-bond donors (Lipinski definition) is 2. The number of likely N-dealkylation sites (tertiary alicyclic amines) is 1. The molecule has 0 spiro atoms. The molecule has 0 bridgehead atoms. The molecule has 0 aromatic rings. The van der Waals surface area contributed by atoms with Crippen molar-refractivity contribution in [3.05, 3.63) is 0 Å². The molecular formula is C11H23N3O2. The summed E-state index contributed by atoms with van der Waals surface area (Å²) in [5.74, 6) is 5.09. The van der Waals surface area contributed by atoms with Crippen molar-refractivity contribution in [1.82, 2.24) is 10.3 Å². The first-order chi connectivity index (χ1) is 7.56. The molecule has 1 heterocycles. The minimum absolute atomic E-state index is 0.108. The summed E-state index contributed by atoms with van der Waals surface area (Å²) >= 11 is 0. The van der Waals surface area contributed by atoms with Crippen molar-refractivity contribution in [1.29, 1.82) is 0 Å². The van der Waals surface area contributed by atoms with E-state index in [4.69, 9.17) is 10.6 Å². The van der Waals surface area contributed by atoms with Gasteiger partial charge in [0.15, 0.2) is 0 Å². The second kappa shape index (κ2) is 5.61. The molecule has 3 N–H and O–H groups in total. The van der Waals surface area contributed by atoms with Crippen molar-refractivity contribution in [2.24, 2.45) is 5.84 Å². The van der Waals surface area contributed by atoms with Gasteiger partial charge in [0, 0.05) is 13.7 Å². The van der Waals surface area contributed by atoms with E-state index in [0.717, 1.165) is 32.4 Å². The van der Waals surface area contributed by atoms with Crippen LogP contribution in [0.1, 0.15) is 33.1 Å². The first-order valence-corrected chi connectivity index (χ1v) is 5.86. The van der Waals surface area contributed by atoms with Gasteiger partial charge in [-0.25, -0.2) is 5.84 Å². The third kappa shape index (κ3) is 2.93. The lowest BCUT2D eigenvalue weighted by atomic mass is 9.93. The molecule has 0 aromatic carbocycles. The average Bonchev–Trinajstić information content (AvgIpc) is 2.30. The number of piperidine rings is 1. The average molecular weight is 229 g/mol. The van der Waals surface area contributed by atoms with Crippen LogP contribution in [0, 0.1) is 0 Å². The van der Waals surface area contributed by atoms with Gasteiger partial charge in [-0.1, -0.05) is 6.92 Å². The number of nitrogens with two attached hydrogens (primary N) is 1. The van der Waals surface area contributed by atoms with E-state index >= 15 is 0 Å². The molecule has 1 rings (SSSR count). The molecule has 94 valence electrons. The summed E-state index contributed by atoms with van der Waals surface area (Å²) in [5, 5.41) is 0. The van der Waals surface area contributed by atoms with E-state index in [-0.39, 0.29) is 17.6 Å². The highest BCUT2D eigenvalue weighted by molar-refractivity contribution is 5.81. The Morgan fingerprint density at radius 3 is 2.88 bits per heavy atom. The molecule has 0 radical (unpaired) electrons. The van der Waals surface area contributed by atoms with Crippen molar-refractivity contribution >= 4 is 5.91 Å². The minimum atomic E-state index is -0.139. The molecule has 1 saturated heterocycles. The number of methoxy groups -OCH3 is 1. The summed E-state index contributed by atoms with van der Waals surface area (Å²) in [5.41, 5.74) is 2.10. The monoisotopic (exact) mass is 229 g/mol. The summed E-state index contributed by atoms with van der Waals surface area (Å²) in [4.78, 5) is 13.8. The summed E-state index contributed by atoms with van der Waals surface area (Å²) in [7, 11) is 1.73. The van der Waals surface area contributed by atoms with Crippen molar-refractivity contribution in [3.63, 3.8) is 0 Å². The number of carbonyl (C=O) groups is 1. The lowest BCUT2D eigenvalue weighted by molar-refractivity contribution is -0.130. The molecular weight excluding hydrogens is 206 g/mol. The predicted molar refractivity (Wildman–Crippen MR) is 62.6 cm³/mol. The summed E-state index contributed by atoms with van der Waals surface area (Å²) < 4.78 is 5.51. The second-order valence-corrected chi connectivity index (χ2v) is 4.66. The van der Waals surface area contributed by atoms with Gasteiger partial charge < -0.3 is 4.74 Å². The fraction of sp³-hybridized carbons (Fsp3) is 0.909. The summed E-state index contributed by atoms with van der Waals surface area (Å²) in [6.45, 7) is 5.81. The van der Waals surface area contributed by atoms with Gasteiger partial charge in [0.05, 0.1) is 11.6 Å². The molecule has 5 heteroatoms. The Balaban J connectivity index is 2.67. The Bertz CT molecular complexity index is 247. The van der Waals surface area contributed by atoms with Crippen molar-refractivity contribution in [2.75, 3.05) is 20.2 Å². The molecule has 2 atom stereocenters. The molecule has 16 heavy (non-hydrogen) atoms. The zero-order valence-corrected chi connectivity index (χ0v) is 10.5. The van der Waals surface area contributed by atoms with E-state index in [0.29, 0.717) is 0 Å². The van der Waals surface area contributed by atoms with Gasteiger partial charge in [-0.2, -0.15) is 0 Å². The minimum Gasteiger partial charge on any atom is -0.377 e. The smallest absolute Gasteiger partial charge is 0.251 e. The number of amides is 1. The first kappa shape index (κ1) is 13.4. The Morgan fingerprint density at radius 2 is 2.38 bits per heavy atom. The van der Waals surface area contributed by atoms with Gasteiger partial charge >= 0.3 is 0 Å². The van der Waals surface area contributed by atoms with Crippen molar-refractivity contribution in [3.8, 4) is 0 Å². The highest BCUT2D eigenvalue weighted by Gasteiger charge is 2.35. The van der Waals surface area contributed by atoms with Crippen molar-refractivity contribution in [2.45, 2.75) is 44.8 Å². The SMILES string of the molecule is CCC(C(=O)NN)N1CCCC(C)(OC)C1. The Kier molecular flexibility index (Phi) is 4.70. The Morgan fingerprint density at radius 1 is 1.69 bits per heavy atom. The van der Waals surface area contributed by atoms with Crippen LogP contribution in [0.25, 0.3) is 0 Å². The molecule has 0 aliphatic carbocycles. The van der Waals surface area contributed by atoms with Crippen LogP contribution in [0.4, 0.5) is 0 Å². The van der Waals surface area contributed by atoms with Crippen LogP contribution in [0.3, 0.4) is 0 Å². The van der Waals surface area contributed by atoms with Crippen LogP contribution in [-0.2, 0) is 9.53 Å². The quantitative estimate of drug-likeness (QED) is 0.412. The maximum atomic E-state index is 11.6. The van der Waals surface area contributed by atoms with E-state index in [9.17, 15) is 4.79 Å². The molecule has 1 aliphatic heterocycles. The third-order valence-electron chi connectivity index (χ3n) is 3.45. The van der Waals surface area contributed by atoms with Crippen LogP contribution in [0.15, 0.2) is 0 Å². The molecule has 1 fully saturated rings. The lowest BCUT2D eigenvalue weighted by Gasteiger charge is -2.42. The third-order valence-corrected chi connectivity index (χ3v) is 3.45. The number of carbonyl (C=O) groups excluding carboxylic acids is 1. The maximum absolute atomic E-state index is 11.6. The van der Waals surface area contributed by atoms with Gasteiger partial charge in [0.25, 0.3) is 5.91 Å². The number of nitrogens with one attached hydrogen (secondary N) is 1. The largest absolute Gasteiger partial charge is 0.377 e. The number of hydrogen-bond acceptors (Lipinski definition) is 4.